The van der Waals surface area contributed by atoms with Gasteiger partial charge in [0.2, 0.25) is 0 Å². The fraction of sp³-hybridized carbons (Fsp3) is 0. The first-order chi connectivity index (χ1) is 13.4. The Morgan fingerprint density at radius 2 is 1.75 bits per heavy atom. The van der Waals surface area contributed by atoms with E-state index in [1.54, 1.807) is 18.2 Å². The SMILES string of the molecule is N#C/C(=C/c1ccc(-c2ccc([N+](=O)[O-])cc2Cl)o1)c1cccc([N+](=O)[O-])c1. The average molecular weight is 396 g/mol. The second kappa shape index (κ2) is 7.73. The zero-order valence-electron chi connectivity index (χ0n) is 14.0. The Bertz CT molecular complexity index is 1160. The number of furan rings is 1. The molecular formula is C19H10ClN3O5. The maximum absolute atomic E-state index is 10.9. The molecule has 0 amide bonds. The van der Waals surface area contributed by atoms with Crippen LogP contribution in [0.3, 0.4) is 0 Å². The number of non-ortho nitro benzene ring substituents is 2. The van der Waals surface area contributed by atoms with Crippen LogP contribution < -0.4 is 0 Å². The van der Waals surface area contributed by atoms with Crippen molar-refractivity contribution in [3.8, 4) is 17.4 Å². The third kappa shape index (κ3) is 3.90. The standard InChI is InChI=1S/C19H10ClN3O5/c20-18-10-15(23(26)27)4-6-17(18)19-7-5-16(28-19)9-13(11-21)12-2-1-3-14(8-12)22(24)25/h1-10H/b13-9-. The van der Waals surface area contributed by atoms with Crippen molar-refractivity contribution < 1.29 is 14.3 Å². The van der Waals surface area contributed by atoms with Gasteiger partial charge in [0.15, 0.2) is 0 Å². The van der Waals surface area contributed by atoms with Crippen LogP contribution in [-0.2, 0) is 0 Å². The van der Waals surface area contributed by atoms with Crippen molar-refractivity contribution in [3.63, 3.8) is 0 Å². The second-order valence-electron chi connectivity index (χ2n) is 5.60. The summed E-state index contributed by atoms with van der Waals surface area (Å²) in [6, 6.07) is 14.9. The molecule has 0 aliphatic rings. The highest BCUT2D eigenvalue weighted by Crippen LogP contribution is 2.33. The molecule has 3 rings (SSSR count). The lowest BCUT2D eigenvalue weighted by atomic mass is 10.1. The molecule has 0 aliphatic carbocycles. The number of rotatable bonds is 5. The van der Waals surface area contributed by atoms with Crippen molar-refractivity contribution >= 4 is 34.6 Å². The monoisotopic (exact) mass is 395 g/mol. The second-order valence-corrected chi connectivity index (χ2v) is 6.01. The van der Waals surface area contributed by atoms with E-state index >= 15 is 0 Å². The number of nitrogens with zero attached hydrogens (tertiary/aromatic N) is 3. The Balaban J connectivity index is 1.95. The number of nitro benzene ring substituents is 2. The summed E-state index contributed by atoms with van der Waals surface area (Å²) in [5.74, 6) is 0.690. The van der Waals surface area contributed by atoms with Gasteiger partial charge >= 0.3 is 0 Å². The Morgan fingerprint density at radius 3 is 2.39 bits per heavy atom. The van der Waals surface area contributed by atoms with Crippen LogP contribution in [0.5, 0.6) is 0 Å². The van der Waals surface area contributed by atoms with Crippen molar-refractivity contribution in [3.05, 3.63) is 91.2 Å². The third-order valence-electron chi connectivity index (χ3n) is 3.83. The largest absolute Gasteiger partial charge is 0.457 e. The number of allylic oxidation sites excluding steroid dienone is 1. The fourth-order valence-electron chi connectivity index (χ4n) is 2.50. The molecule has 9 heteroatoms. The van der Waals surface area contributed by atoms with Crippen molar-refractivity contribution in [2.45, 2.75) is 0 Å². The summed E-state index contributed by atoms with van der Waals surface area (Å²) in [6.07, 6.45) is 1.45. The van der Waals surface area contributed by atoms with Gasteiger partial charge in [0, 0.05) is 29.8 Å². The van der Waals surface area contributed by atoms with Gasteiger partial charge in [-0.2, -0.15) is 5.26 Å². The van der Waals surface area contributed by atoms with E-state index in [2.05, 4.69) is 0 Å². The van der Waals surface area contributed by atoms with E-state index in [9.17, 15) is 25.5 Å². The van der Waals surface area contributed by atoms with Crippen molar-refractivity contribution in [1.29, 1.82) is 5.26 Å². The molecule has 0 atom stereocenters. The predicted octanol–water partition coefficient (Wildman–Crippen LogP) is 5.48. The number of nitriles is 1. The van der Waals surface area contributed by atoms with Gasteiger partial charge < -0.3 is 4.42 Å². The molecule has 0 fully saturated rings. The average Bonchev–Trinajstić information content (AvgIpc) is 3.14. The lowest BCUT2D eigenvalue weighted by Crippen LogP contribution is -1.89. The number of nitro groups is 2. The highest BCUT2D eigenvalue weighted by Gasteiger charge is 2.14. The molecule has 1 heterocycles. The molecule has 0 spiro atoms. The minimum absolute atomic E-state index is 0.128. The first-order valence-electron chi connectivity index (χ1n) is 7.80. The summed E-state index contributed by atoms with van der Waals surface area (Å²) in [6.45, 7) is 0. The molecule has 8 nitrogen and oxygen atoms in total. The zero-order chi connectivity index (χ0) is 20.3. The van der Waals surface area contributed by atoms with Crippen LogP contribution in [-0.4, -0.2) is 9.85 Å². The highest BCUT2D eigenvalue weighted by atomic mass is 35.5. The number of hydrogen-bond donors (Lipinski definition) is 0. The molecule has 0 saturated heterocycles. The van der Waals surface area contributed by atoms with Gasteiger partial charge in [-0.1, -0.05) is 23.7 Å². The normalized spacial score (nSPS) is 11.1. The van der Waals surface area contributed by atoms with Crippen LogP contribution in [0.1, 0.15) is 11.3 Å². The fourth-order valence-corrected chi connectivity index (χ4v) is 2.77. The van der Waals surface area contributed by atoms with Crippen LogP contribution in [0.25, 0.3) is 23.0 Å². The van der Waals surface area contributed by atoms with Gasteiger partial charge in [0.05, 0.1) is 26.5 Å². The van der Waals surface area contributed by atoms with E-state index in [-0.39, 0.29) is 22.0 Å². The van der Waals surface area contributed by atoms with Crippen LogP contribution in [0.15, 0.2) is 59.0 Å². The van der Waals surface area contributed by atoms with Gasteiger partial charge in [-0.15, -0.1) is 0 Å². The van der Waals surface area contributed by atoms with Gasteiger partial charge in [-0.3, -0.25) is 20.2 Å². The first-order valence-corrected chi connectivity index (χ1v) is 8.17. The van der Waals surface area contributed by atoms with E-state index in [4.69, 9.17) is 16.0 Å². The van der Waals surface area contributed by atoms with Crippen LogP contribution in [0.4, 0.5) is 11.4 Å². The van der Waals surface area contributed by atoms with Crippen molar-refractivity contribution in [2.75, 3.05) is 0 Å². The van der Waals surface area contributed by atoms with Crippen molar-refractivity contribution in [2.24, 2.45) is 0 Å². The molecule has 0 bridgehead atoms. The first kappa shape index (κ1) is 18.8. The van der Waals surface area contributed by atoms with E-state index in [1.165, 1.54) is 42.5 Å². The lowest BCUT2D eigenvalue weighted by Gasteiger charge is -2.01. The minimum Gasteiger partial charge on any atom is -0.457 e. The summed E-state index contributed by atoms with van der Waals surface area (Å²) in [5, 5.41) is 31.3. The molecule has 2 aromatic carbocycles. The Morgan fingerprint density at radius 1 is 1.04 bits per heavy atom. The number of halogens is 1. The molecular weight excluding hydrogens is 386 g/mol. The molecule has 0 radical (unpaired) electrons. The number of benzene rings is 2. The Kier molecular flexibility index (Phi) is 5.20. The maximum atomic E-state index is 10.9. The molecule has 1 aromatic heterocycles. The van der Waals surface area contributed by atoms with Gasteiger partial charge in [0.1, 0.15) is 11.5 Å². The molecule has 3 aromatic rings. The zero-order valence-corrected chi connectivity index (χ0v) is 14.8. The quantitative estimate of drug-likeness (QED) is 0.320. The Labute approximate surface area is 163 Å². The Hall–Kier alpha value is -3.96. The maximum Gasteiger partial charge on any atom is 0.270 e. The van der Waals surface area contributed by atoms with Gasteiger partial charge in [-0.05, 0) is 29.8 Å². The van der Waals surface area contributed by atoms with E-state index in [0.717, 1.165) is 0 Å². The lowest BCUT2D eigenvalue weighted by molar-refractivity contribution is -0.385. The minimum atomic E-state index is -0.551. The molecule has 138 valence electrons. The van der Waals surface area contributed by atoms with Crippen LogP contribution in [0, 0.1) is 31.6 Å². The summed E-state index contributed by atoms with van der Waals surface area (Å²) in [5.41, 5.74) is 0.748. The highest BCUT2D eigenvalue weighted by molar-refractivity contribution is 6.33. The topological polar surface area (TPSA) is 123 Å². The third-order valence-corrected chi connectivity index (χ3v) is 4.14. The predicted molar refractivity (Wildman–Crippen MR) is 102 cm³/mol. The molecule has 0 saturated carbocycles. The van der Waals surface area contributed by atoms with E-state index in [1.807, 2.05) is 6.07 Å². The molecule has 28 heavy (non-hydrogen) atoms. The summed E-state index contributed by atoms with van der Waals surface area (Å²) >= 11 is 6.10. The number of hydrogen-bond acceptors (Lipinski definition) is 6. The van der Waals surface area contributed by atoms with Gasteiger partial charge in [0.25, 0.3) is 11.4 Å². The van der Waals surface area contributed by atoms with Crippen LogP contribution in [0.2, 0.25) is 5.02 Å². The van der Waals surface area contributed by atoms with Crippen molar-refractivity contribution in [1.82, 2.24) is 0 Å². The molecule has 0 unspecified atom stereocenters. The van der Waals surface area contributed by atoms with Crippen LogP contribution >= 0.6 is 11.6 Å². The summed E-state index contributed by atoms with van der Waals surface area (Å²) in [4.78, 5) is 20.6. The van der Waals surface area contributed by atoms with Gasteiger partial charge in [-0.25, -0.2) is 0 Å². The smallest absolute Gasteiger partial charge is 0.270 e. The van der Waals surface area contributed by atoms with E-state index < -0.39 is 9.85 Å². The van der Waals surface area contributed by atoms with E-state index in [0.29, 0.717) is 22.6 Å². The molecule has 0 aliphatic heterocycles. The molecule has 0 N–H and O–H groups in total. The summed E-state index contributed by atoms with van der Waals surface area (Å²) < 4.78 is 5.67. The summed E-state index contributed by atoms with van der Waals surface area (Å²) in [7, 11) is 0.